The molecule has 36 heavy (non-hydrogen) atoms. The Bertz CT molecular complexity index is 1210. The number of carbonyl (C=O) groups is 1. The third-order valence-corrected chi connectivity index (χ3v) is 7.65. The van der Waals surface area contributed by atoms with E-state index < -0.39 is 23.9 Å². The number of halogens is 6. The fourth-order valence-corrected chi connectivity index (χ4v) is 5.53. The number of rotatable bonds is 6. The normalized spacial score (nSPS) is 15.2. The second-order valence-corrected chi connectivity index (χ2v) is 11.0. The molecule has 1 aliphatic rings. The molecule has 0 radical (unpaired) electrons. The molecule has 0 amide bonds. The van der Waals surface area contributed by atoms with Crippen molar-refractivity contribution in [2.45, 2.75) is 50.3 Å². The molecule has 16 heteroatoms. The number of hydrogen-bond acceptors (Lipinski definition) is 9. The van der Waals surface area contributed by atoms with E-state index in [1.165, 1.54) is 0 Å². The molecule has 0 fully saturated rings. The Morgan fingerprint density at radius 3 is 2.42 bits per heavy atom. The van der Waals surface area contributed by atoms with E-state index >= 15 is 0 Å². The number of alkyl halides is 6. The van der Waals surface area contributed by atoms with Gasteiger partial charge in [-0.3, -0.25) is 0 Å². The van der Waals surface area contributed by atoms with Gasteiger partial charge < -0.3 is 15.7 Å². The van der Waals surface area contributed by atoms with Crippen molar-refractivity contribution >= 4 is 52.2 Å². The molecule has 1 atom stereocenters. The minimum Gasteiger partial charge on any atom is -0.475 e. The zero-order valence-corrected chi connectivity index (χ0v) is 21.1. The summed E-state index contributed by atoms with van der Waals surface area (Å²) in [5.41, 5.74) is 1.42. The minimum atomic E-state index is -5.08. The van der Waals surface area contributed by atoms with Crippen LogP contribution in [0, 0.1) is 6.92 Å². The van der Waals surface area contributed by atoms with Crippen LogP contribution in [0.1, 0.15) is 43.8 Å². The summed E-state index contributed by atoms with van der Waals surface area (Å²) in [6, 6.07) is 1.16. The van der Waals surface area contributed by atoms with Crippen molar-refractivity contribution in [3.05, 3.63) is 49.2 Å². The highest BCUT2D eigenvalue weighted by molar-refractivity contribution is 7.99. The average molecular weight is 572 g/mol. The lowest BCUT2D eigenvalue weighted by Crippen LogP contribution is -2.21. The SMILES string of the molecule is Cc1cnc(CNc2nc(NCc3cc(C(F)(F)F)cs3)nc3c2CSC3C)s1.O=C(O)C(F)(F)F. The van der Waals surface area contributed by atoms with Crippen LogP contribution in [0.4, 0.5) is 38.1 Å². The summed E-state index contributed by atoms with van der Waals surface area (Å²) in [7, 11) is 0. The summed E-state index contributed by atoms with van der Waals surface area (Å²) in [5.74, 6) is -0.759. The summed E-state index contributed by atoms with van der Waals surface area (Å²) in [4.78, 5) is 24.2. The van der Waals surface area contributed by atoms with Crippen molar-refractivity contribution in [2.75, 3.05) is 10.6 Å². The molecule has 196 valence electrons. The summed E-state index contributed by atoms with van der Waals surface area (Å²) in [5, 5.41) is 15.9. The molecular formula is C20H19F6N5O2S3. The van der Waals surface area contributed by atoms with Crippen molar-refractivity contribution in [1.29, 1.82) is 0 Å². The number of nitrogens with one attached hydrogen (secondary N) is 2. The number of aliphatic carboxylic acids is 1. The van der Waals surface area contributed by atoms with Gasteiger partial charge in [-0.1, -0.05) is 0 Å². The van der Waals surface area contributed by atoms with Gasteiger partial charge in [0.25, 0.3) is 0 Å². The number of carboxylic acid groups (broad SMARTS) is 1. The maximum atomic E-state index is 12.8. The number of fused-ring (bicyclic) bond motifs is 1. The smallest absolute Gasteiger partial charge is 0.475 e. The highest BCUT2D eigenvalue weighted by Crippen LogP contribution is 2.43. The highest BCUT2D eigenvalue weighted by atomic mass is 32.2. The van der Waals surface area contributed by atoms with Gasteiger partial charge in [-0.25, -0.2) is 14.8 Å². The Kier molecular flexibility index (Phi) is 8.71. The molecule has 3 aromatic rings. The monoisotopic (exact) mass is 571 g/mol. The molecule has 4 rings (SSSR count). The Balaban J connectivity index is 0.000000454. The number of thioether (sulfide) groups is 1. The number of aryl methyl sites for hydroxylation is 1. The Labute approximate surface area is 213 Å². The van der Waals surface area contributed by atoms with Gasteiger partial charge in [0.15, 0.2) is 0 Å². The number of thiophene rings is 1. The quantitative estimate of drug-likeness (QED) is 0.289. The van der Waals surface area contributed by atoms with Gasteiger partial charge in [0.1, 0.15) is 10.8 Å². The van der Waals surface area contributed by atoms with Crippen molar-refractivity contribution in [2.24, 2.45) is 0 Å². The van der Waals surface area contributed by atoms with Gasteiger partial charge in [-0.15, -0.1) is 34.4 Å². The molecule has 3 N–H and O–H groups in total. The second kappa shape index (κ2) is 11.2. The van der Waals surface area contributed by atoms with E-state index in [-0.39, 0.29) is 11.8 Å². The number of nitrogens with zero attached hydrogens (tertiary/aromatic N) is 3. The molecule has 0 spiro atoms. The first-order valence-electron chi connectivity index (χ1n) is 10.1. The topological polar surface area (TPSA) is 100 Å². The van der Waals surface area contributed by atoms with E-state index in [1.807, 2.05) is 13.1 Å². The average Bonchev–Trinajstić information content (AvgIpc) is 3.51. The van der Waals surface area contributed by atoms with Crippen LogP contribution in [0.3, 0.4) is 0 Å². The maximum Gasteiger partial charge on any atom is 0.490 e. The largest absolute Gasteiger partial charge is 0.490 e. The summed E-state index contributed by atoms with van der Waals surface area (Å²) in [6.07, 6.45) is -7.57. The molecule has 0 aromatic carbocycles. The molecule has 0 aliphatic carbocycles. The molecule has 0 bridgehead atoms. The number of thiazole rings is 1. The number of hydrogen-bond donors (Lipinski definition) is 3. The molecule has 4 heterocycles. The van der Waals surface area contributed by atoms with E-state index in [4.69, 9.17) is 9.90 Å². The van der Waals surface area contributed by atoms with Crippen LogP contribution < -0.4 is 10.6 Å². The summed E-state index contributed by atoms with van der Waals surface area (Å²) >= 11 is 4.49. The Morgan fingerprint density at radius 2 is 1.86 bits per heavy atom. The van der Waals surface area contributed by atoms with Crippen LogP contribution in [0.5, 0.6) is 0 Å². The lowest BCUT2D eigenvalue weighted by Gasteiger charge is -2.13. The van der Waals surface area contributed by atoms with Crippen LogP contribution in [0.2, 0.25) is 0 Å². The lowest BCUT2D eigenvalue weighted by atomic mass is 10.2. The van der Waals surface area contributed by atoms with Crippen molar-refractivity contribution in [3.63, 3.8) is 0 Å². The first-order chi connectivity index (χ1) is 16.7. The predicted octanol–water partition coefficient (Wildman–Crippen LogP) is 6.49. The zero-order valence-electron chi connectivity index (χ0n) is 18.6. The van der Waals surface area contributed by atoms with E-state index in [0.717, 1.165) is 55.5 Å². The number of aromatic nitrogens is 3. The van der Waals surface area contributed by atoms with Crippen molar-refractivity contribution < 1.29 is 36.2 Å². The van der Waals surface area contributed by atoms with E-state index in [9.17, 15) is 26.3 Å². The molecule has 1 aliphatic heterocycles. The van der Waals surface area contributed by atoms with Gasteiger partial charge in [0, 0.05) is 37.9 Å². The number of carboxylic acids is 1. The molecule has 0 saturated carbocycles. The Hall–Kier alpha value is -2.59. The molecule has 7 nitrogen and oxygen atoms in total. The van der Waals surface area contributed by atoms with Crippen LogP contribution in [-0.2, 0) is 29.8 Å². The fraction of sp³-hybridized carbons (Fsp3) is 0.400. The van der Waals surface area contributed by atoms with Crippen molar-refractivity contribution in [1.82, 2.24) is 15.0 Å². The molecule has 3 aromatic heterocycles. The Morgan fingerprint density at radius 1 is 1.17 bits per heavy atom. The van der Waals surface area contributed by atoms with Gasteiger partial charge in [0.2, 0.25) is 5.95 Å². The molecule has 0 saturated heterocycles. The van der Waals surface area contributed by atoms with E-state index in [0.29, 0.717) is 17.4 Å². The van der Waals surface area contributed by atoms with Crippen LogP contribution in [-0.4, -0.2) is 32.2 Å². The minimum absolute atomic E-state index is 0.242. The van der Waals surface area contributed by atoms with Gasteiger partial charge in [-0.05, 0) is 19.9 Å². The first-order valence-corrected chi connectivity index (χ1v) is 12.8. The van der Waals surface area contributed by atoms with Crippen LogP contribution >= 0.6 is 34.4 Å². The predicted molar refractivity (Wildman–Crippen MR) is 126 cm³/mol. The van der Waals surface area contributed by atoms with Gasteiger partial charge in [0.05, 0.1) is 24.3 Å². The zero-order chi connectivity index (χ0) is 26.7. The third kappa shape index (κ3) is 7.46. The number of anilines is 2. The second-order valence-electron chi connectivity index (χ2n) is 7.39. The molecular weight excluding hydrogens is 552 g/mol. The third-order valence-electron chi connectivity index (χ3n) is 4.62. The van der Waals surface area contributed by atoms with Crippen LogP contribution in [0.25, 0.3) is 0 Å². The van der Waals surface area contributed by atoms with E-state index in [1.54, 1.807) is 23.1 Å². The lowest BCUT2D eigenvalue weighted by molar-refractivity contribution is -0.192. The highest BCUT2D eigenvalue weighted by Gasteiger charge is 2.38. The van der Waals surface area contributed by atoms with Crippen LogP contribution in [0.15, 0.2) is 17.6 Å². The van der Waals surface area contributed by atoms with E-state index in [2.05, 4.69) is 32.5 Å². The first kappa shape index (κ1) is 28.0. The van der Waals surface area contributed by atoms with Gasteiger partial charge in [-0.2, -0.15) is 31.3 Å². The van der Waals surface area contributed by atoms with Gasteiger partial charge >= 0.3 is 18.3 Å². The standard InChI is InChI=1S/C18H18F3N5S3.C2HF3O2/c1-9-4-22-14(29-9)6-23-16-13-8-27-10(2)15(13)25-17(26-16)24-5-12-3-11(7-28-12)18(19,20)21;3-2(4,5)1(6)7/h3-4,7,10H,5-6,8H2,1-2H3,(H2,23,24,25,26);(H,6,7). The molecule has 1 unspecified atom stereocenters. The summed E-state index contributed by atoms with van der Waals surface area (Å²) in [6.45, 7) is 4.92. The summed E-state index contributed by atoms with van der Waals surface area (Å²) < 4.78 is 70.1. The fourth-order valence-electron chi connectivity index (χ4n) is 2.92. The maximum absolute atomic E-state index is 12.8. The van der Waals surface area contributed by atoms with Crippen molar-refractivity contribution in [3.8, 4) is 0 Å².